The second-order valence-electron chi connectivity index (χ2n) is 4.98. The van der Waals surface area contributed by atoms with Crippen LogP contribution in [0.1, 0.15) is 32.1 Å². The molecule has 3 nitrogen and oxygen atoms in total. The van der Waals surface area contributed by atoms with Crippen molar-refractivity contribution in [3.63, 3.8) is 0 Å². The highest BCUT2D eigenvalue weighted by Crippen LogP contribution is 2.31. The van der Waals surface area contributed by atoms with Gasteiger partial charge in [0.25, 0.3) is 0 Å². The monoisotopic (exact) mass is 269 g/mol. The van der Waals surface area contributed by atoms with Gasteiger partial charge in [0.2, 0.25) is 0 Å². The van der Waals surface area contributed by atoms with Gasteiger partial charge in [0.05, 0.1) is 23.4 Å². The minimum atomic E-state index is -0.593. The third-order valence-electron chi connectivity index (χ3n) is 3.57. The molecule has 0 saturated heterocycles. The van der Waals surface area contributed by atoms with Crippen molar-refractivity contribution in [3.05, 3.63) is 23.2 Å². The highest BCUT2D eigenvalue weighted by atomic mass is 35.5. The molecular formula is C14H20ClNO2. The van der Waals surface area contributed by atoms with Gasteiger partial charge in [0, 0.05) is 12.6 Å². The predicted octanol–water partition coefficient (Wildman–Crippen LogP) is 3.46. The standard InChI is InChI=1S/C14H20ClNO2/c1-18-11-5-6-12(15)13(9-11)16-10-14(17)7-3-2-4-8-14/h5-6,9,16-17H,2-4,7-8,10H2,1H3. The van der Waals surface area contributed by atoms with E-state index in [1.165, 1.54) is 6.42 Å². The zero-order valence-corrected chi connectivity index (χ0v) is 11.5. The maximum absolute atomic E-state index is 10.4. The van der Waals surface area contributed by atoms with E-state index in [1.807, 2.05) is 12.1 Å². The van der Waals surface area contributed by atoms with E-state index in [4.69, 9.17) is 16.3 Å². The topological polar surface area (TPSA) is 41.5 Å². The lowest BCUT2D eigenvalue weighted by atomic mass is 9.85. The largest absolute Gasteiger partial charge is 0.497 e. The maximum Gasteiger partial charge on any atom is 0.121 e. The zero-order valence-electron chi connectivity index (χ0n) is 10.7. The number of nitrogens with one attached hydrogen (secondary N) is 1. The first-order chi connectivity index (χ1) is 8.63. The Bertz CT molecular complexity index is 403. The molecule has 1 aromatic carbocycles. The van der Waals surface area contributed by atoms with Crippen LogP contribution in [0.25, 0.3) is 0 Å². The van der Waals surface area contributed by atoms with Crippen LogP contribution in [0, 0.1) is 0 Å². The van der Waals surface area contributed by atoms with Crippen LogP contribution in [0.4, 0.5) is 5.69 Å². The van der Waals surface area contributed by atoms with Crippen LogP contribution < -0.4 is 10.1 Å². The summed E-state index contributed by atoms with van der Waals surface area (Å²) in [4.78, 5) is 0. The quantitative estimate of drug-likeness (QED) is 0.880. The molecule has 0 aliphatic heterocycles. The average Bonchev–Trinajstić information content (AvgIpc) is 2.39. The van der Waals surface area contributed by atoms with Crippen LogP contribution in [0.15, 0.2) is 18.2 Å². The summed E-state index contributed by atoms with van der Waals surface area (Å²) < 4.78 is 5.17. The summed E-state index contributed by atoms with van der Waals surface area (Å²) in [7, 11) is 1.63. The third-order valence-corrected chi connectivity index (χ3v) is 3.90. The van der Waals surface area contributed by atoms with Gasteiger partial charge in [-0.3, -0.25) is 0 Å². The van der Waals surface area contributed by atoms with Crippen LogP contribution in [0.2, 0.25) is 5.02 Å². The molecule has 100 valence electrons. The molecule has 0 bridgehead atoms. The Labute approximate surface area is 113 Å². The van der Waals surface area contributed by atoms with Crippen LogP contribution >= 0.6 is 11.6 Å². The van der Waals surface area contributed by atoms with Crippen molar-refractivity contribution in [1.82, 2.24) is 0 Å². The third kappa shape index (κ3) is 3.30. The van der Waals surface area contributed by atoms with Crippen molar-refractivity contribution in [2.45, 2.75) is 37.7 Å². The van der Waals surface area contributed by atoms with Gasteiger partial charge in [0.15, 0.2) is 0 Å². The van der Waals surface area contributed by atoms with E-state index in [-0.39, 0.29) is 0 Å². The van der Waals surface area contributed by atoms with Crippen molar-refractivity contribution in [2.24, 2.45) is 0 Å². The lowest BCUT2D eigenvalue weighted by Crippen LogP contribution is -2.38. The van der Waals surface area contributed by atoms with Crippen LogP contribution in [-0.4, -0.2) is 24.4 Å². The van der Waals surface area contributed by atoms with Gasteiger partial charge < -0.3 is 15.2 Å². The number of hydrogen-bond donors (Lipinski definition) is 2. The smallest absolute Gasteiger partial charge is 0.121 e. The van der Waals surface area contributed by atoms with Gasteiger partial charge in [0.1, 0.15) is 5.75 Å². The lowest BCUT2D eigenvalue weighted by molar-refractivity contribution is 0.0167. The van der Waals surface area contributed by atoms with Crippen LogP contribution in [0.5, 0.6) is 5.75 Å². The van der Waals surface area contributed by atoms with Gasteiger partial charge in [-0.1, -0.05) is 30.9 Å². The number of ether oxygens (including phenoxy) is 1. The number of methoxy groups -OCH3 is 1. The van der Waals surface area contributed by atoms with Gasteiger partial charge >= 0.3 is 0 Å². The summed E-state index contributed by atoms with van der Waals surface area (Å²) in [6.45, 7) is 0.542. The van der Waals surface area contributed by atoms with Crippen molar-refractivity contribution >= 4 is 17.3 Å². The summed E-state index contributed by atoms with van der Waals surface area (Å²) in [5.74, 6) is 0.762. The molecule has 0 spiro atoms. The van der Waals surface area contributed by atoms with E-state index in [1.54, 1.807) is 13.2 Å². The van der Waals surface area contributed by atoms with E-state index in [2.05, 4.69) is 5.32 Å². The highest BCUT2D eigenvalue weighted by Gasteiger charge is 2.28. The molecule has 1 fully saturated rings. The molecule has 1 aliphatic carbocycles. The fourth-order valence-electron chi connectivity index (χ4n) is 2.41. The number of anilines is 1. The number of rotatable bonds is 4. The Morgan fingerprint density at radius 2 is 2.06 bits per heavy atom. The van der Waals surface area contributed by atoms with E-state index in [0.717, 1.165) is 37.1 Å². The molecular weight excluding hydrogens is 250 g/mol. The highest BCUT2D eigenvalue weighted by molar-refractivity contribution is 6.33. The van der Waals surface area contributed by atoms with Gasteiger partial charge in [-0.2, -0.15) is 0 Å². The number of halogens is 1. The molecule has 2 rings (SSSR count). The van der Waals surface area contributed by atoms with Gasteiger partial charge in [-0.25, -0.2) is 0 Å². The minimum Gasteiger partial charge on any atom is -0.497 e. The molecule has 4 heteroatoms. The second kappa shape index (κ2) is 5.81. The molecule has 0 radical (unpaired) electrons. The molecule has 2 N–H and O–H groups in total. The molecule has 0 atom stereocenters. The maximum atomic E-state index is 10.4. The fraction of sp³-hybridized carbons (Fsp3) is 0.571. The van der Waals surface area contributed by atoms with Crippen molar-refractivity contribution in [2.75, 3.05) is 19.0 Å². The van der Waals surface area contributed by atoms with Crippen molar-refractivity contribution < 1.29 is 9.84 Å². The molecule has 1 aliphatic rings. The second-order valence-corrected chi connectivity index (χ2v) is 5.39. The first-order valence-corrected chi connectivity index (χ1v) is 6.81. The average molecular weight is 270 g/mol. The summed E-state index contributed by atoms with van der Waals surface area (Å²) in [5.41, 5.74) is 0.222. The molecule has 0 amide bonds. The van der Waals surface area contributed by atoms with E-state index in [9.17, 15) is 5.11 Å². The Balaban J connectivity index is 2.00. The van der Waals surface area contributed by atoms with E-state index >= 15 is 0 Å². The van der Waals surface area contributed by atoms with Gasteiger partial charge in [-0.15, -0.1) is 0 Å². The normalized spacial score (nSPS) is 18.4. The summed E-state index contributed by atoms with van der Waals surface area (Å²) >= 11 is 6.12. The first-order valence-electron chi connectivity index (χ1n) is 6.43. The Morgan fingerprint density at radius 3 is 2.72 bits per heavy atom. The lowest BCUT2D eigenvalue weighted by Gasteiger charge is -2.32. The van der Waals surface area contributed by atoms with E-state index in [0.29, 0.717) is 11.6 Å². The predicted molar refractivity (Wildman–Crippen MR) is 74.5 cm³/mol. The minimum absolute atomic E-state index is 0.542. The summed E-state index contributed by atoms with van der Waals surface area (Å²) in [6, 6.07) is 5.48. The van der Waals surface area contributed by atoms with Crippen LogP contribution in [0.3, 0.4) is 0 Å². The molecule has 1 saturated carbocycles. The Kier molecular flexibility index (Phi) is 4.36. The van der Waals surface area contributed by atoms with Crippen molar-refractivity contribution in [3.8, 4) is 5.75 Å². The number of benzene rings is 1. The molecule has 0 aromatic heterocycles. The van der Waals surface area contributed by atoms with Gasteiger partial charge in [-0.05, 0) is 25.0 Å². The molecule has 0 heterocycles. The SMILES string of the molecule is COc1ccc(Cl)c(NCC2(O)CCCCC2)c1. The fourth-order valence-corrected chi connectivity index (χ4v) is 2.60. The van der Waals surface area contributed by atoms with E-state index < -0.39 is 5.60 Å². The number of hydrogen-bond acceptors (Lipinski definition) is 3. The molecule has 0 unspecified atom stereocenters. The van der Waals surface area contributed by atoms with Crippen LogP contribution in [-0.2, 0) is 0 Å². The Hall–Kier alpha value is -0.930. The summed E-state index contributed by atoms with van der Waals surface area (Å²) in [5, 5.41) is 14.3. The number of aliphatic hydroxyl groups is 1. The zero-order chi connectivity index (χ0) is 13.0. The summed E-state index contributed by atoms with van der Waals surface area (Å²) in [6.07, 6.45) is 5.15. The first kappa shape index (κ1) is 13.5. The molecule has 18 heavy (non-hydrogen) atoms. The van der Waals surface area contributed by atoms with Crippen molar-refractivity contribution in [1.29, 1.82) is 0 Å². The molecule has 1 aromatic rings. The Morgan fingerprint density at radius 1 is 1.33 bits per heavy atom.